The van der Waals surface area contributed by atoms with Gasteiger partial charge in [0, 0.05) is 12.2 Å². The third-order valence-corrected chi connectivity index (χ3v) is 3.59. The van der Waals surface area contributed by atoms with Crippen molar-refractivity contribution in [2.24, 2.45) is 0 Å². The molecule has 1 aromatic carbocycles. The molecule has 4 nitrogen and oxygen atoms in total. The Morgan fingerprint density at radius 1 is 1.24 bits per heavy atom. The lowest BCUT2D eigenvalue weighted by atomic mass is 10.1. The summed E-state index contributed by atoms with van der Waals surface area (Å²) < 4.78 is 11.2. The molecule has 1 N–H and O–H groups in total. The minimum Gasteiger partial charge on any atom is -0.490 e. The maximum absolute atomic E-state index is 11.8. The summed E-state index contributed by atoms with van der Waals surface area (Å²) in [6, 6.07) is 5.75. The minimum atomic E-state index is -0.0470. The maximum atomic E-state index is 11.8. The van der Waals surface area contributed by atoms with Crippen molar-refractivity contribution < 1.29 is 14.3 Å². The van der Waals surface area contributed by atoms with E-state index in [-0.39, 0.29) is 11.9 Å². The van der Waals surface area contributed by atoms with Crippen molar-refractivity contribution in [2.75, 3.05) is 25.2 Å². The van der Waals surface area contributed by atoms with Crippen LogP contribution >= 0.6 is 11.8 Å². The van der Waals surface area contributed by atoms with Gasteiger partial charge in [0.1, 0.15) is 0 Å². The Kier molecular flexibility index (Phi) is 8.05. The van der Waals surface area contributed by atoms with E-state index >= 15 is 0 Å². The Balaban J connectivity index is 2.77. The number of rotatable bonds is 9. The first-order valence-corrected chi connectivity index (χ1v) is 8.69. The van der Waals surface area contributed by atoms with E-state index < -0.39 is 0 Å². The number of benzene rings is 1. The molecule has 0 heterocycles. The molecule has 0 radical (unpaired) electrons. The lowest BCUT2D eigenvalue weighted by Gasteiger charge is -2.17. The van der Waals surface area contributed by atoms with E-state index in [9.17, 15) is 4.79 Å². The molecule has 21 heavy (non-hydrogen) atoms. The van der Waals surface area contributed by atoms with E-state index in [4.69, 9.17) is 9.47 Å². The highest BCUT2D eigenvalue weighted by Gasteiger charge is 2.13. The van der Waals surface area contributed by atoms with E-state index in [1.54, 1.807) is 11.8 Å². The topological polar surface area (TPSA) is 47.6 Å². The molecule has 0 saturated carbocycles. The molecule has 1 unspecified atom stereocenters. The molecule has 1 atom stereocenters. The van der Waals surface area contributed by atoms with E-state index in [0.717, 1.165) is 22.8 Å². The Labute approximate surface area is 131 Å². The molecule has 1 aromatic rings. The smallest absolute Gasteiger partial charge is 0.221 e. The second-order valence-corrected chi connectivity index (χ2v) is 5.59. The van der Waals surface area contributed by atoms with E-state index in [1.165, 1.54) is 0 Å². The SMILES string of the molecule is CCOc1ccc(C(C)NC(=O)CCSC)cc1OCC. The van der Waals surface area contributed by atoms with Gasteiger partial charge < -0.3 is 14.8 Å². The number of amides is 1. The average molecular weight is 311 g/mol. The maximum Gasteiger partial charge on any atom is 0.221 e. The van der Waals surface area contributed by atoms with Gasteiger partial charge in [0.15, 0.2) is 11.5 Å². The quantitative estimate of drug-likeness (QED) is 0.759. The Hall–Kier alpha value is -1.36. The van der Waals surface area contributed by atoms with Gasteiger partial charge in [-0.3, -0.25) is 4.79 Å². The van der Waals surface area contributed by atoms with Crippen molar-refractivity contribution in [3.63, 3.8) is 0 Å². The van der Waals surface area contributed by atoms with Gasteiger partial charge >= 0.3 is 0 Å². The molecule has 0 bridgehead atoms. The molecule has 1 amide bonds. The lowest BCUT2D eigenvalue weighted by Crippen LogP contribution is -2.26. The highest BCUT2D eigenvalue weighted by molar-refractivity contribution is 7.98. The third-order valence-electron chi connectivity index (χ3n) is 2.98. The van der Waals surface area contributed by atoms with Crippen LogP contribution in [0.3, 0.4) is 0 Å². The first-order valence-electron chi connectivity index (χ1n) is 7.30. The van der Waals surface area contributed by atoms with Crippen LogP contribution < -0.4 is 14.8 Å². The summed E-state index contributed by atoms with van der Waals surface area (Å²) in [7, 11) is 0. The second kappa shape index (κ2) is 9.55. The van der Waals surface area contributed by atoms with E-state index in [1.807, 2.05) is 45.2 Å². The normalized spacial score (nSPS) is 11.8. The zero-order chi connectivity index (χ0) is 15.7. The minimum absolute atomic E-state index is 0.0470. The Bertz CT molecular complexity index is 451. The predicted molar refractivity (Wildman–Crippen MR) is 88.3 cm³/mol. The van der Waals surface area contributed by atoms with Crippen molar-refractivity contribution in [3.05, 3.63) is 23.8 Å². The molecule has 0 aliphatic carbocycles. The zero-order valence-electron chi connectivity index (χ0n) is 13.3. The van der Waals surface area contributed by atoms with Gasteiger partial charge in [-0.1, -0.05) is 6.07 Å². The molecular formula is C16H25NO3S. The largest absolute Gasteiger partial charge is 0.490 e. The summed E-state index contributed by atoms with van der Waals surface area (Å²) in [5.74, 6) is 2.38. The van der Waals surface area contributed by atoms with Gasteiger partial charge in [0.05, 0.1) is 19.3 Å². The van der Waals surface area contributed by atoms with Crippen LogP contribution in [0.5, 0.6) is 11.5 Å². The number of hydrogen-bond donors (Lipinski definition) is 1. The molecule has 5 heteroatoms. The number of carbonyl (C=O) groups excluding carboxylic acids is 1. The monoisotopic (exact) mass is 311 g/mol. The molecule has 1 rings (SSSR count). The molecule has 0 aliphatic rings. The Morgan fingerprint density at radius 3 is 2.52 bits per heavy atom. The van der Waals surface area contributed by atoms with Gasteiger partial charge in [-0.25, -0.2) is 0 Å². The van der Waals surface area contributed by atoms with E-state index in [2.05, 4.69) is 5.32 Å². The van der Waals surface area contributed by atoms with Gasteiger partial charge in [-0.05, 0) is 44.7 Å². The number of nitrogens with one attached hydrogen (secondary N) is 1. The van der Waals surface area contributed by atoms with Crippen LogP contribution in [-0.2, 0) is 4.79 Å². The van der Waals surface area contributed by atoms with E-state index in [0.29, 0.717) is 19.6 Å². The summed E-state index contributed by atoms with van der Waals surface area (Å²) in [4.78, 5) is 11.8. The van der Waals surface area contributed by atoms with Crippen LogP contribution in [0.15, 0.2) is 18.2 Å². The van der Waals surface area contributed by atoms with Gasteiger partial charge in [-0.15, -0.1) is 0 Å². The van der Waals surface area contributed by atoms with Crippen molar-refractivity contribution in [1.29, 1.82) is 0 Å². The van der Waals surface area contributed by atoms with Crippen LogP contribution in [0.4, 0.5) is 0 Å². The predicted octanol–water partition coefficient (Wildman–Crippen LogP) is 3.41. The molecule has 0 aliphatic heterocycles. The summed E-state index contributed by atoms with van der Waals surface area (Å²) in [6.45, 7) is 7.04. The van der Waals surface area contributed by atoms with Crippen molar-refractivity contribution >= 4 is 17.7 Å². The van der Waals surface area contributed by atoms with Crippen LogP contribution in [0.1, 0.15) is 38.8 Å². The van der Waals surface area contributed by atoms with Crippen molar-refractivity contribution in [3.8, 4) is 11.5 Å². The van der Waals surface area contributed by atoms with Gasteiger partial charge in [0.25, 0.3) is 0 Å². The highest BCUT2D eigenvalue weighted by Crippen LogP contribution is 2.30. The van der Waals surface area contributed by atoms with Gasteiger partial charge in [-0.2, -0.15) is 11.8 Å². The number of thioether (sulfide) groups is 1. The average Bonchev–Trinajstić information content (AvgIpc) is 2.47. The zero-order valence-corrected chi connectivity index (χ0v) is 14.1. The molecular weight excluding hydrogens is 286 g/mol. The number of hydrogen-bond acceptors (Lipinski definition) is 4. The fourth-order valence-electron chi connectivity index (χ4n) is 1.93. The summed E-state index contributed by atoms with van der Waals surface area (Å²) in [6.07, 6.45) is 2.54. The van der Waals surface area contributed by atoms with Crippen molar-refractivity contribution in [2.45, 2.75) is 33.2 Å². The molecule has 0 aromatic heterocycles. The molecule has 0 spiro atoms. The summed E-state index contributed by atoms with van der Waals surface area (Å²) in [5, 5.41) is 3.00. The number of carbonyl (C=O) groups is 1. The number of ether oxygens (including phenoxy) is 2. The molecule has 0 saturated heterocycles. The summed E-state index contributed by atoms with van der Waals surface area (Å²) >= 11 is 1.67. The highest BCUT2D eigenvalue weighted by atomic mass is 32.2. The Morgan fingerprint density at radius 2 is 1.90 bits per heavy atom. The fourth-order valence-corrected chi connectivity index (χ4v) is 2.32. The van der Waals surface area contributed by atoms with Crippen LogP contribution in [0, 0.1) is 0 Å². The molecule has 0 fully saturated rings. The van der Waals surface area contributed by atoms with Crippen molar-refractivity contribution in [1.82, 2.24) is 5.32 Å². The fraction of sp³-hybridized carbons (Fsp3) is 0.562. The van der Waals surface area contributed by atoms with Crippen LogP contribution in [0.2, 0.25) is 0 Å². The standard InChI is InChI=1S/C16H25NO3S/c1-5-19-14-8-7-13(11-15(14)20-6-2)12(3)17-16(18)9-10-21-4/h7-8,11-12H,5-6,9-10H2,1-4H3,(H,17,18). The van der Waals surface area contributed by atoms with Gasteiger partial charge in [0.2, 0.25) is 5.91 Å². The third kappa shape index (κ3) is 5.87. The second-order valence-electron chi connectivity index (χ2n) is 4.60. The van der Waals surface area contributed by atoms with Crippen LogP contribution in [-0.4, -0.2) is 31.1 Å². The lowest BCUT2D eigenvalue weighted by molar-refractivity contribution is -0.121. The molecule has 118 valence electrons. The van der Waals surface area contributed by atoms with Crippen LogP contribution in [0.25, 0.3) is 0 Å². The first kappa shape index (κ1) is 17.7. The summed E-state index contributed by atoms with van der Waals surface area (Å²) in [5.41, 5.74) is 1.01. The first-order chi connectivity index (χ1) is 10.1.